The maximum atomic E-state index is 6.23. The van der Waals surface area contributed by atoms with E-state index in [1.165, 1.54) is 38.5 Å². The van der Waals surface area contributed by atoms with Gasteiger partial charge in [0, 0.05) is 16.2 Å². The lowest BCUT2D eigenvalue weighted by atomic mass is 9.48. The average molecular weight is 369 g/mol. The van der Waals surface area contributed by atoms with Crippen LogP contribution in [0.4, 0.5) is 5.69 Å². The molecule has 0 amide bonds. The molecule has 4 aliphatic rings. The van der Waals surface area contributed by atoms with Gasteiger partial charge in [-0.3, -0.25) is 0 Å². The van der Waals surface area contributed by atoms with E-state index in [-0.39, 0.29) is 0 Å². The van der Waals surface area contributed by atoms with E-state index in [1.54, 1.807) is 0 Å². The minimum Gasteiger partial charge on any atom is -0.382 e. The maximum absolute atomic E-state index is 6.23. The Balaban J connectivity index is 1.54. The standard InChI is InChI=1S/C18H23BrClN/c1-11(21-15-2-3-16(19)17(20)7-15)18-8-12-4-13(9-18)6-14(5-12)10-18/h2-3,7,11-14,21H,4-6,8-10H2,1H3. The molecule has 1 nitrogen and oxygen atoms in total. The van der Waals surface area contributed by atoms with E-state index in [0.29, 0.717) is 11.5 Å². The lowest BCUT2D eigenvalue weighted by Gasteiger charge is -2.59. The molecule has 0 aliphatic heterocycles. The van der Waals surface area contributed by atoms with Crippen LogP contribution in [0, 0.1) is 23.2 Å². The molecule has 5 rings (SSSR count). The summed E-state index contributed by atoms with van der Waals surface area (Å²) in [4.78, 5) is 0. The summed E-state index contributed by atoms with van der Waals surface area (Å²) in [6, 6.07) is 6.76. The summed E-state index contributed by atoms with van der Waals surface area (Å²) in [5.74, 6) is 3.03. The molecule has 4 saturated carbocycles. The zero-order chi connectivity index (χ0) is 14.6. The van der Waals surface area contributed by atoms with Crippen LogP contribution in [-0.4, -0.2) is 6.04 Å². The molecular formula is C18H23BrClN. The van der Waals surface area contributed by atoms with E-state index < -0.39 is 0 Å². The highest BCUT2D eigenvalue weighted by molar-refractivity contribution is 9.10. The molecule has 4 aliphatic carbocycles. The molecule has 3 heteroatoms. The van der Waals surface area contributed by atoms with Crippen LogP contribution in [0.2, 0.25) is 5.02 Å². The zero-order valence-corrected chi connectivity index (χ0v) is 14.9. The van der Waals surface area contributed by atoms with E-state index in [1.807, 2.05) is 12.1 Å². The van der Waals surface area contributed by atoms with E-state index in [2.05, 4.69) is 34.2 Å². The van der Waals surface area contributed by atoms with Crippen LogP contribution in [0.25, 0.3) is 0 Å². The van der Waals surface area contributed by atoms with Gasteiger partial charge < -0.3 is 5.32 Å². The predicted molar refractivity (Wildman–Crippen MR) is 92.8 cm³/mol. The third-order valence-corrected chi connectivity index (χ3v) is 7.54. The molecule has 0 heterocycles. The third-order valence-electron chi connectivity index (χ3n) is 6.31. The van der Waals surface area contributed by atoms with Gasteiger partial charge in [-0.15, -0.1) is 0 Å². The molecule has 0 radical (unpaired) electrons. The van der Waals surface area contributed by atoms with Gasteiger partial charge in [0.15, 0.2) is 0 Å². The summed E-state index contributed by atoms with van der Waals surface area (Å²) >= 11 is 9.70. The summed E-state index contributed by atoms with van der Waals surface area (Å²) < 4.78 is 0.970. The Morgan fingerprint density at radius 3 is 2.24 bits per heavy atom. The Morgan fingerprint density at radius 1 is 1.14 bits per heavy atom. The second-order valence-corrected chi connectivity index (χ2v) is 9.04. The van der Waals surface area contributed by atoms with Gasteiger partial charge in [0.05, 0.1) is 5.02 Å². The van der Waals surface area contributed by atoms with Gasteiger partial charge in [-0.25, -0.2) is 0 Å². The number of hydrogen-bond acceptors (Lipinski definition) is 1. The molecule has 4 bridgehead atoms. The van der Waals surface area contributed by atoms with Crippen molar-refractivity contribution in [1.82, 2.24) is 0 Å². The van der Waals surface area contributed by atoms with Crippen LogP contribution in [0.15, 0.2) is 22.7 Å². The van der Waals surface area contributed by atoms with Crippen LogP contribution >= 0.6 is 27.5 Å². The largest absolute Gasteiger partial charge is 0.382 e. The molecule has 1 aromatic rings. The summed E-state index contributed by atoms with van der Waals surface area (Å²) in [5.41, 5.74) is 1.69. The van der Waals surface area contributed by atoms with Crippen molar-refractivity contribution in [2.75, 3.05) is 5.32 Å². The molecule has 0 spiro atoms. The smallest absolute Gasteiger partial charge is 0.0568 e. The van der Waals surface area contributed by atoms with Gasteiger partial charge in [-0.05, 0) is 103 Å². The molecule has 1 N–H and O–H groups in total. The van der Waals surface area contributed by atoms with Crippen LogP contribution in [-0.2, 0) is 0 Å². The average Bonchev–Trinajstić information content (AvgIpc) is 2.41. The summed E-state index contributed by atoms with van der Waals surface area (Å²) in [6.07, 6.45) is 8.86. The number of nitrogens with one attached hydrogen (secondary N) is 1. The minimum absolute atomic E-state index is 0.536. The van der Waals surface area contributed by atoms with E-state index in [4.69, 9.17) is 11.6 Å². The fourth-order valence-corrected chi connectivity index (χ4v) is 6.12. The first-order valence-corrected chi connectivity index (χ1v) is 9.43. The van der Waals surface area contributed by atoms with Crippen molar-refractivity contribution in [2.45, 2.75) is 51.5 Å². The molecule has 1 aromatic carbocycles. The summed E-state index contributed by atoms with van der Waals surface area (Å²) in [5, 5.41) is 4.55. The van der Waals surface area contributed by atoms with E-state index >= 15 is 0 Å². The Hall–Kier alpha value is -0.210. The Labute approximate surface area is 141 Å². The van der Waals surface area contributed by atoms with Gasteiger partial charge in [-0.2, -0.15) is 0 Å². The van der Waals surface area contributed by atoms with Gasteiger partial charge in [0.1, 0.15) is 0 Å². The van der Waals surface area contributed by atoms with Crippen LogP contribution in [0.1, 0.15) is 45.4 Å². The Bertz CT molecular complexity index is 521. The molecule has 21 heavy (non-hydrogen) atoms. The highest BCUT2D eigenvalue weighted by Crippen LogP contribution is 2.61. The second kappa shape index (κ2) is 5.16. The summed E-state index contributed by atoms with van der Waals surface area (Å²) in [6.45, 7) is 2.39. The lowest BCUT2D eigenvalue weighted by Crippen LogP contribution is -2.52. The van der Waals surface area contributed by atoms with Gasteiger partial charge >= 0.3 is 0 Å². The monoisotopic (exact) mass is 367 g/mol. The number of hydrogen-bond donors (Lipinski definition) is 1. The zero-order valence-electron chi connectivity index (χ0n) is 12.5. The number of halogens is 2. The van der Waals surface area contributed by atoms with Crippen molar-refractivity contribution in [2.24, 2.45) is 23.2 Å². The van der Waals surface area contributed by atoms with Crippen molar-refractivity contribution in [1.29, 1.82) is 0 Å². The molecular weight excluding hydrogens is 346 g/mol. The molecule has 4 fully saturated rings. The quantitative estimate of drug-likeness (QED) is 0.677. The lowest BCUT2D eigenvalue weighted by molar-refractivity contribution is -0.0602. The highest BCUT2D eigenvalue weighted by Gasteiger charge is 2.53. The fourth-order valence-electron chi connectivity index (χ4n) is 5.70. The van der Waals surface area contributed by atoms with Crippen molar-refractivity contribution in [3.8, 4) is 0 Å². The van der Waals surface area contributed by atoms with E-state index in [9.17, 15) is 0 Å². The highest BCUT2D eigenvalue weighted by atomic mass is 79.9. The summed E-state index contributed by atoms with van der Waals surface area (Å²) in [7, 11) is 0. The van der Waals surface area contributed by atoms with Crippen LogP contribution < -0.4 is 5.32 Å². The number of rotatable bonds is 3. The normalized spacial score (nSPS) is 38.5. The predicted octanol–water partition coefficient (Wildman–Crippen LogP) is 6.12. The van der Waals surface area contributed by atoms with E-state index in [0.717, 1.165) is 32.9 Å². The van der Waals surface area contributed by atoms with Crippen molar-refractivity contribution >= 4 is 33.2 Å². The molecule has 1 atom stereocenters. The number of anilines is 1. The van der Waals surface area contributed by atoms with Gasteiger partial charge in [0.2, 0.25) is 0 Å². The Morgan fingerprint density at radius 2 is 1.71 bits per heavy atom. The SMILES string of the molecule is CC(Nc1ccc(Br)c(Cl)c1)C12CC3CC(CC(C3)C1)C2. The minimum atomic E-state index is 0.536. The van der Waals surface area contributed by atoms with Crippen molar-refractivity contribution in [3.63, 3.8) is 0 Å². The molecule has 114 valence electrons. The first kappa shape index (κ1) is 14.4. The van der Waals surface area contributed by atoms with Crippen molar-refractivity contribution in [3.05, 3.63) is 27.7 Å². The second-order valence-electron chi connectivity index (χ2n) is 7.77. The first-order chi connectivity index (χ1) is 10.0. The molecule has 0 saturated heterocycles. The van der Waals surface area contributed by atoms with Crippen LogP contribution in [0.5, 0.6) is 0 Å². The van der Waals surface area contributed by atoms with Gasteiger partial charge in [-0.1, -0.05) is 11.6 Å². The maximum Gasteiger partial charge on any atom is 0.0568 e. The fraction of sp³-hybridized carbons (Fsp3) is 0.667. The number of benzene rings is 1. The molecule has 1 unspecified atom stereocenters. The molecule has 0 aromatic heterocycles. The topological polar surface area (TPSA) is 12.0 Å². The van der Waals surface area contributed by atoms with Crippen LogP contribution in [0.3, 0.4) is 0 Å². The Kier molecular flexibility index (Phi) is 3.54. The third kappa shape index (κ3) is 2.53. The first-order valence-electron chi connectivity index (χ1n) is 8.26. The van der Waals surface area contributed by atoms with Crippen molar-refractivity contribution < 1.29 is 0 Å². The van der Waals surface area contributed by atoms with Gasteiger partial charge in [0.25, 0.3) is 0 Å².